The third kappa shape index (κ3) is 6.14. The lowest BCUT2D eigenvalue weighted by Crippen LogP contribution is -2.54. The van der Waals surface area contributed by atoms with Gasteiger partial charge in [-0.05, 0) is 95.3 Å². The Hall–Kier alpha value is -1.18. The summed E-state index contributed by atoms with van der Waals surface area (Å²) in [4.78, 5) is 28.3. The molecule has 0 aromatic heterocycles. The van der Waals surface area contributed by atoms with Crippen molar-refractivity contribution in [3.63, 3.8) is 0 Å². The lowest BCUT2D eigenvalue weighted by molar-refractivity contribution is -0.282. The number of aliphatic hydroxyl groups is 2. The Bertz CT molecular complexity index is 707. The van der Waals surface area contributed by atoms with Crippen molar-refractivity contribution >= 4 is 11.9 Å². The molecule has 7 heteroatoms. The molecule has 0 spiro atoms. The molecule has 2 N–H and O–H groups in total. The highest BCUT2D eigenvalue weighted by Gasteiger charge is 2.46. The number of piperidine rings is 1. The Morgan fingerprint density at radius 1 is 1.00 bits per heavy atom. The van der Waals surface area contributed by atoms with Gasteiger partial charge in [-0.15, -0.1) is 0 Å². The summed E-state index contributed by atoms with van der Waals surface area (Å²) in [5.41, 5.74) is 0. The first kappa shape index (κ1) is 25.9. The zero-order chi connectivity index (χ0) is 24.3. The minimum absolute atomic E-state index is 0.0709. The first-order valence-electron chi connectivity index (χ1n) is 13.8. The Morgan fingerprint density at radius 2 is 1.76 bits per heavy atom. The molecule has 1 saturated carbocycles. The van der Waals surface area contributed by atoms with Crippen LogP contribution in [-0.2, 0) is 19.1 Å². The summed E-state index contributed by atoms with van der Waals surface area (Å²) in [6.45, 7) is 4.66. The van der Waals surface area contributed by atoms with Gasteiger partial charge in [0.1, 0.15) is 12.1 Å². The Balaban J connectivity index is 1.51. The monoisotopic (exact) mass is 479 g/mol. The fourth-order valence-electron chi connectivity index (χ4n) is 6.63. The number of hydrogen-bond donors (Lipinski definition) is 2. The predicted molar refractivity (Wildman–Crippen MR) is 128 cm³/mol. The number of amides is 1. The maximum atomic E-state index is 13.4. The number of carbonyl (C=O) groups is 2. The number of hydrogen-bond acceptors (Lipinski definition) is 6. The van der Waals surface area contributed by atoms with Crippen LogP contribution in [0.4, 0.5) is 0 Å². The molecule has 0 aromatic rings. The van der Waals surface area contributed by atoms with Crippen molar-refractivity contribution in [3.8, 4) is 0 Å². The van der Waals surface area contributed by atoms with E-state index in [1.807, 2.05) is 6.92 Å². The summed E-state index contributed by atoms with van der Waals surface area (Å²) < 4.78 is 12.3. The lowest BCUT2D eigenvalue weighted by atomic mass is 9.80. The second kappa shape index (κ2) is 11.3. The van der Waals surface area contributed by atoms with Crippen molar-refractivity contribution < 1.29 is 29.3 Å². The van der Waals surface area contributed by atoms with Crippen LogP contribution < -0.4 is 0 Å². The van der Waals surface area contributed by atoms with Crippen LogP contribution in [0.1, 0.15) is 104 Å². The summed E-state index contributed by atoms with van der Waals surface area (Å²) in [5.74, 6) is -1.28. The van der Waals surface area contributed by atoms with Crippen molar-refractivity contribution in [1.82, 2.24) is 4.90 Å². The maximum absolute atomic E-state index is 13.4. The Morgan fingerprint density at radius 3 is 2.53 bits per heavy atom. The van der Waals surface area contributed by atoms with E-state index in [2.05, 4.69) is 6.92 Å². The lowest BCUT2D eigenvalue weighted by Gasteiger charge is -2.43. The fraction of sp³-hybridized carbons (Fsp3) is 0.926. The van der Waals surface area contributed by atoms with Crippen LogP contribution in [0.25, 0.3) is 0 Å². The van der Waals surface area contributed by atoms with Crippen molar-refractivity contribution in [3.05, 3.63) is 0 Å². The average molecular weight is 480 g/mol. The van der Waals surface area contributed by atoms with E-state index in [9.17, 15) is 19.8 Å². The quantitative estimate of drug-likeness (QED) is 0.596. The van der Waals surface area contributed by atoms with Gasteiger partial charge in [-0.25, -0.2) is 4.79 Å². The molecule has 0 aromatic carbocycles. The summed E-state index contributed by atoms with van der Waals surface area (Å²) in [7, 11) is 0. The molecular formula is C27H45NO6. The van der Waals surface area contributed by atoms with Gasteiger partial charge in [-0.1, -0.05) is 13.8 Å². The van der Waals surface area contributed by atoms with Gasteiger partial charge >= 0.3 is 5.97 Å². The highest BCUT2D eigenvalue weighted by Crippen LogP contribution is 2.38. The molecule has 4 aliphatic rings. The minimum Gasteiger partial charge on any atom is -0.461 e. The summed E-state index contributed by atoms with van der Waals surface area (Å²) in [5, 5.41) is 21.1. The SMILES string of the molecule is C[C@H](CC1CCC(O)CC1)C1CCC[C@@H]2CC[C@@H](C)[C@](O)(CC(=O)N3CCCC[C@H]3C(=O)O1)O2. The number of esters is 1. The van der Waals surface area contributed by atoms with Crippen molar-refractivity contribution in [2.45, 2.75) is 134 Å². The first-order chi connectivity index (χ1) is 16.2. The van der Waals surface area contributed by atoms with E-state index in [0.717, 1.165) is 77.0 Å². The van der Waals surface area contributed by atoms with Gasteiger partial charge in [-0.2, -0.15) is 0 Å². The molecule has 2 bridgehead atoms. The summed E-state index contributed by atoms with van der Waals surface area (Å²) in [6, 6.07) is -0.570. The van der Waals surface area contributed by atoms with E-state index in [-0.39, 0.29) is 48.4 Å². The summed E-state index contributed by atoms with van der Waals surface area (Å²) in [6.07, 6.45) is 10.8. The highest BCUT2D eigenvalue weighted by molar-refractivity contribution is 5.85. The van der Waals surface area contributed by atoms with Gasteiger partial charge in [0, 0.05) is 12.5 Å². The standard InChI is InChI=1S/C27H45NO6/c1-18(16-20-10-12-21(29)13-11-20)24-8-5-6-22-14-9-19(2)27(32,34-22)17-25(30)28-15-4-3-7-23(28)26(31)33-24/h18-24,29,32H,3-17H2,1-2H3/t18-,19-,20?,21?,22-,23+,24?,27+/m1/s1. The largest absolute Gasteiger partial charge is 0.461 e. The van der Waals surface area contributed by atoms with E-state index >= 15 is 0 Å². The number of aliphatic hydroxyl groups excluding tert-OH is 1. The molecule has 1 unspecified atom stereocenters. The third-order valence-corrected chi connectivity index (χ3v) is 9.00. The molecule has 6 atom stereocenters. The maximum Gasteiger partial charge on any atom is 0.329 e. The zero-order valence-corrected chi connectivity index (χ0v) is 21.1. The predicted octanol–water partition coefficient (Wildman–Crippen LogP) is 3.93. The van der Waals surface area contributed by atoms with Gasteiger partial charge in [-0.3, -0.25) is 4.79 Å². The molecule has 7 nitrogen and oxygen atoms in total. The van der Waals surface area contributed by atoms with Gasteiger partial charge in [0.25, 0.3) is 0 Å². The number of cyclic esters (lactones) is 1. The average Bonchev–Trinajstić information content (AvgIpc) is 2.82. The van der Waals surface area contributed by atoms with Gasteiger partial charge < -0.3 is 24.6 Å². The van der Waals surface area contributed by atoms with Crippen LogP contribution in [0, 0.1) is 17.8 Å². The normalized spacial score (nSPS) is 41.4. The highest BCUT2D eigenvalue weighted by atomic mass is 16.6. The summed E-state index contributed by atoms with van der Waals surface area (Å²) >= 11 is 0. The van der Waals surface area contributed by atoms with E-state index < -0.39 is 11.8 Å². The van der Waals surface area contributed by atoms with E-state index in [0.29, 0.717) is 18.9 Å². The molecule has 3 saturated heterocycles. The van der Waals surface area contributed by atoms with Crippen LogP contribution in [-0.4, -0.2) is 63.7 Å². The molecule has 4 fully saturated rings. The van der Waals surface area contributed by atoms with Crippen LogP contribution in [0.3, 0.4) is 0 Å². The molecule has 4 rings (SSSR count). The van der Waals surface area contributed by atoms with E-state index in [4.69, 9.17) is 9.47 Å². The molecule has 3 heterocycles. The molecule has 194 valence electrons. The molecule has 34 heavy (non-hydrogen) atoms. The zero-order valence-electron chi connectivity index (χ0n) is 21.1. The second-order valence-electron chi connectivity index (χ2n) is 11.6. The number of fused-ring (bicyclic) bond motifs is 3. The second-order valence-corrected chi connectivity index (χ2v) is 11.6. The van der Waals surface area contributed by atoms with Crippen molar-refractivity contribution in [2.75, 3.05) is 6.54 Å². The van der Waals surface area contributed by atoms with E-state index in [1.54, 1.807) is 4.90 Å². The van der Waals surface area contributed by atoms with Crippen LogP contribution >= 0.6 is 0 Å². The van der Waals surface area contributed by atoms with Gasteiger partial charge in [0.2, 0.25) is 5.91 Å². The number of carbonyl (C=O) groups excluding carboxylic acids is 2. The molecular weight excluding hydrogens is 434 g/mol. The van der Waals surface area contributed by atoms with Gasteiger partial charge in [0.15, 0.2) is 5.79 Å². The minimum atomic E-state index is -1.46. The molecule has 1 amide bonds. The Labute approximate surface area is 204 Å². The molecule has 0 radical (unpaired) electrons. The van der Waals surface area contributed by atoms with Crippen LogP contribution in [0.2, 0.25) is 0 Å². The van der Waals surface area contributed by atoms with Crippen molar-refractivity contribution in [1.29, 1.82) is 0 Å². The van der Waals surface area contributed by atoms with Crippen LogP contribution in [0.15, 0.2) is 0 Å². The number of rotatable bonds is 3. The van der Waals surface area contributed by atoms with E-state index in [1.165, 1.54) is 0 Å². The fourth-order valence-corrected chi connectivity index (χ4v) is 6.63. The van der Waals surface area contributed by atoms with Gasteiger partial charge in [0.05, 0.1) is 18.6 Å². The first-order valence-corrected chi connectivity index (χ1v) is 13.8. The molecule has 3 aliphatic heterocycles. The topological polar surface area (TPSA) is 96.3 Å². The molecule has 1 aliphatic carbocycles. The van der Waals surface area contributed by atoms with Crippen molar-refractivity contribution in [2.24, 2.45) is 17.8 Å². The smallest absolute Gasteiger partial charge is 0.329 e. The van der Waals surface area contributed by atoms with Crippen LogP contribution in [0.5, 0.6) is 0 Å². The Kier molecular flexibility index (Phi) is 8.57. The number of nitrogens with zero attached hydrogens (tertiary/aromatic N) is 1. The number of ether oxygens (including phenoxy) is 2. The third-order valence-electron chi connectivity index (χ3n) is 9.00.